The van der Waals surface area contributed by atoms with Crippen molar-refractivity contribution in [3.8, 4) is 0 Å². The van der Waals surface area contributed by atoms with E-state index in [0.29, 0.717) is 6.04 Å². The van der Waals surface area contributed by atoms with Gasteiger partial charge in [0.15, 0.2) is 0 Å². The average molecular weight is 180 g/mol. The Labute approximate surface area is 76.3 Å². The number of nitrogens with zero attached hydrogens (tertiary/aromatic N) is 1. The first-order chi connectivity index (χ1) is 5.75. The van der Waals surface area contributed by atoms with Gasteiger partial charge in [0.2, 0.25) is 0 Å². The first-order valence-electron chi connectivity index (χ1n) is 4.13. The van der Waals surface area contributed by atoms with Gasteiger partial charge >= 0.3 is 0 Å². The van der Waals surface area contributed by atoms with Crippen molar-refractivity contribution in [2.45, 2.75) is 19.9 Å². The second kappa shape index (κ2) is 2.90. The molecule has 0 amide bonds. The normalized spacial score (nSPS) is 22.2. The van der Waals surface area contributed by atoms with Crippen molar-refractivity contribution in [3.05, 3.63) is 21.9 Å². The van der Waals surface area contributed by atoms with Gasteiger partial charge in [0.1, 0.15) is 5.84 Å². The molecule has 1 atom stereocenters. The Morgan fingerprint density at radius 3 is 2.92 bits per heavy atom. The van der Waals surface area contributed by atoms with Gasteiger partial charge in [-0.2, -0.15) is 0 Å². The highest BCUT2D eigenvalue weighted by atomic mass is 32.1. The summed E-state index contributed by atoms with van der Waals surface area (Å²) in [5.74, 6) is 1.07. The monoisotopic (exact) mass is 180 g/mol. The molecule has 1 aromatic rings. The van der Waals surface area contributed by atoms with Crippen LogP contribution in [0.1, 0.15) is 16.7 Å². The lowest BCUT2D eigenvalue weighted by molar-refractivity contribution is 0.726. The number of hydrogen-bond acceptors (Lipinski definition) is 3. The molecule has 64 valence electrons. The van der Waals surface area contributed by atoms with Gasteiger partial charge < -0.3 is 5.32 Å². The second-order valence-electron chi connectivity index (χ2n) is 3.14. The first-order valence-corrected chi connectivity index (χ1v) is 4.95. The van der Waals surface area contributed by atoms with E-state index in [0.717, 1.165) is 12.4 Å². The van der Waals surface area contributed by atoms with Crippen molar-refractivity contribution in [2.24, 2.45) is 4.99 Å². The summed E-state index contributed by atoms with van der Waals surface area (Å²) in [6, 6.07) is 4.76. The molecule has 1 unspecified atom stereocenters. The van der Waals surface area contributed by atoms with Crippen LogP contribution in [0.3, 0.4) is 0 Å². The molecule has 0 radical (unpaired) electrons. The summed E-state index contributed by atoms with van der Waals surface area (Å²) < 4.78 is 0. The lowest BCUT2D eigenvalue weighted by atomic mass is 10.3. The molecule has 1 aromatic heterocycles. The maximum atomic E-state index is 4.42. The Morgan fingerprint density at radius 2 is 2.42 bits per heavy atom. The van der Waals surface area contributed by atoms with E-state index in [1.807, 2.05) is 0 Å². The van der Waals surface area contributed by atoms with Crippen molar-refractivity contribution in [2.75, 3.05) is 6.54 Å². The molecule has 0 saturated carbocycles. The van der Waals surface area contributed by atoms with Gasteiger partial charge in [0.25, 0.3) is 0 Å². The van der Waals surface area contributed by atoms with E-state index in [9.17, 15) is 0 Å². The van der Waals surface area contributed by atoms with Crippen LogP contribution in [0.4, 0.5) is 0 Å². The molecule has 12 heavy (non-hydrogen) atoms. The van der Waals surface area contributed by atoms with Crippen LogP contribution in [0.25, 0.3) is 0 Å². The summed E-state index contributed by atoms with van der Waals surface area (Å²) in [5.41, 5.74) is 0. The molecule has 3 heteroatoms. The SMILES string of the molecule is Cc1ccc(C2=NCC(C)N2)s1. The van der Waals surface area contributed by atoms with E-state index >= 15 is 0 Å². The summed E-state index contributed by atoms with van der Waals surface area (Å²) in [4.78, 5) is 7.02. The van der Waals surface area contributed by atoms with Gasteiger partial charge in [-0.3, -0.25) is 4.99 Å². The molecule has 2 nitrogen and oxygen atoms in total. The van der Waals surface area contributed by atoms with Crippen LogP contribution in [0.15, 0.2) is 17.1 Å². The third-order valence-corrected chi connectivity index (χ3v) is 2.89. The zero-order valence-electron chi connectivity index (χ0n) is 7.29. The van der Waals surface area contributed by atoms with E-state index in [1.54, 1.807) is 11.3 Å². The topological polar surface area (TPSA) is 24.4 Å². The Bertz CT molecular complexity index is 314. The minimum atomic E-state index is 0.502. The molecular weight excluding hydrogens is 168 g/mol. The van der Waals surface area contributed by atoms with Gasteiger partial charge in [0.05, 0.1) is 11.4 Å². The number of thiophene rings is 1. The molecule has 0 aliphatic carbocycles. The third kappa shape index (κ3) is 1.37. The van der Waals surface area contributed by atoms with Crippen molar-refractivity contribution >= 4 is 17.2 Å². The molecule has 0 saturated heterocycles. The van der Waals surface area contributed by atoms with Crippen LogP contribution in [-0.4, -0.2) is 18.4 Å². The molecule has 2 heterocycles. The quantitative estimate of drug-likeness (QED) is 0.700. The molecule has 0 spiro atoms. The Hall–Kier alpha value is -0.830. The van der Waals surface area contributed by atoms with Gasteiger partial charge in [0, 0.05) is 10.9 Å². The zero-order chi connectivity index (χ0) is 8.55. The molecule has 1 N–H and O–H groups in total. The Balaban J connectivity index is 2.21. The molecule has 1 aliphatic heterocycles. The minimum absolute atomic E-state index is 0.502. The molecular formula is C9H12N2S. The predicted molar refractivity (Wildman–Crippen MR) is 53.1 cm³/mol. The van der Waals surface area contributed by atoms with Crippen molar-refractivity contribution in [1.82, 2.24) is 5.32 Å². The van der Waals surface area contributed by atoms with Crippen molar-refractivity contribution < 1.29 is 0 Å². The second-order valence-corrected chi connectivity index (χ2v) is 4.43. The highest BCUT2D eigenvalue weighted by molar-refractivity contribution is 7.14. The molecule has 0 aromatic carbocycles. The molecule has 0 fully saturated rings. The fraction of sp³-hybridized carbons (Fsp3) is 0.444. The molecule has 2 rings (SSSR count). The number of hydrogen-bond donors (Lipinski definition) is 1. The largest absolute Gasteiger partial charge is 0.365 e. The van der Waals surface area contributed by atoms with Gasteiger partial charge in [-0.1, -0.05) is 0 Å². The van der Waals surface area contributed by atoms with E-state index in [-0.39, 0.29) is 0 Å². The summed E-state index contributed by atoms with van der Waals surface area (Å²) in [6.45, 7) is 5.18. The molecule has 0 bridgehead atoms. The van der Waals surface area contributed by atoms with Crippen molar-refractivity contribution in [1.29, 1.82) is 0 Å². The highest BCUT2D eigenvalue weighted by Crippen LogP contribution is 2.17. The van der Waals surface area contributed by atoms with E-state index in [1.165, 1.54) is 9.75 Å². The Morgan fingerprint density at radius 1 is 1.58 bits per heavy atom. The van der Waals surface area contributed by atoms with Crippen LogP contribution >= 0.6 is 11.3 Å². The van der Waals surface area contributed by atoms with E-state index in [4.69, 9.17) is 0 Å². The standard InChI is InChI=1S/C9H12N2S/c1-6-5-10-9(11-6)8-4-3-7(2)12-8/h3-4,6H,5H2,1-2H3,(H,10,11). The van der Waals surface area contributed by atoms with Gasteiger partial charge in [-0.05, 0) is 26.0 Å². The highest BCUT2D eigenvalue weighted by Gasteiger charge is 2.14. The lowest BCUT2D eigenvalue weighted by Gasteiger charge is -2.02. The van der Waals surface area contributed by atoms with Crippen LogP contribution in [-0.2, 0) is 0 Å². The number of aryl methyl sites for hydroxylation is 1. The van der Waals surface area contributed by atoms with Gasteiger partial charge in [-0.15, -0.1) is 11.3 Å². The fourth-order valence-corrected chi connectivity index (χ4v) is 2.10. The van der Waals surface area contributed by atoms with E-state index in [2.05, 4.69) is 36.3 Å². The zero-order valence-corrected chi connectivity index (χ0v) is 8.11. The molecule has 1 aliphatic rings. The maximum absolute atomic E-state index is 4.42. The van der Waals surface area contributed by atoms with Crippen LogP contribution < -0.4 is 5.32 Å². The fourth-order valence-electron chi connectivity index (χ4n) is 1.26. The number of amidine groups is 1. The summed E-state index contributed by atoms with van der Waals surface area (Å²) in [5, 5.41) is 3.34. The smallest absolute Gasteiger partial charge is 0.138 e. The number of rotatable bonds is 1. The Kier molecular flexibility index (Phi) is 1.89. The van der Waals surface area contributed by atoms with E-state index < -0.39 is 0 Å². The van der Waals surface area contributed by atoms with Crippen LogP contribution in [0.2, 0.25) is 0 Å². The van der Waals surface area contributed by atoms with Gasteiger partial charge in [-0.25, -0.2) is 0 Å². The van der Waals surface area contributed by atoms with Crippen LogP contribution in [0.5, 0.6) is 0 Å². The average Bonchev–Trinajstić information content (AvgIpc) is 2.58. The first kappa shape index (κ1) is 7.80. The number of aliphatic imine (C=N–C) groups is 1. The summed E-state index contributed by atoms with van der Waals surface area (Å²) >= 11 is 1.79. The maximum Gasteiger partial charge on any atom is 0.138 e. The summed E-state index contributed by atoms with van der Waals surface area (Å²) in [6.07, 6.45) is 0. The summed E-state index contributed by atoms with van der Waals surface area (Å²) in [7, 11) is 0. The third-order valence-electron chi connectivity index (χ3n) is 1.88. The minimum Gasteiger partial charge on any atom is -0.365 e. The number of nitrogens with one attached hydrogen (secondary N) is 1. The van der Waals surface area contributed by atoms with Crippen molar-refractivity contribution in [3.63, 3.8) is 0 Å². The lowest BCUT2D eigenvalue weighted by Crippen LogP contribution is -2.26. The van der Waals surface area contributed by atoms with Crippen LogP contribution in [0, 0.1) is 6.92 Å². The predicted octanol–water partition coefficient (Wildman–Crippen LogP) is 1.79.